The minimum Gasteiger partial charge on any atom is -0.369 e. The Morgan fingerprint density at radius 1 is 1.08 bits per heavy atom. The van der Waals surface area contributed by atoms with Gasteiger partial charge in [-0.1, -0.05) is 12.2 Å². The van der Waals surface area contributed by atoms with Crippen molar-refractivity contribution in [3.05, 3.63) is 11.0 Å². The van der Waals surface area contributed by atoms with Gasteiger partial charge in [0.2, 0.25) is 5.95 Å². The lowest BCUT2D eigenvalue weighted by molar-refractivity contribution is 0.204. The molecule has 0 amide bonds. The standard InChI is InChI=1S/C5H5N5S.H5O10P3/c6-5-9-3-2(4(11)10-5)7-1-8-3;1-11(2,3)9-13(7,8)10-12(4,5)6/h1H,(H4,6,7,8,9,10,11);(H,7,8)(H2,1,2,3)(H2,4,5,6). The molecule has 0 atom stereocenters. The quantitative estimate of drug-likeness (QED) is 0.235. The summed E-state index contributed by atoms with van der Waals surface area (Å²) in [6, 6.07) is 0. The molecule has 0 spiro atoms. The smallest absolute Gasteiger partial charge is 0.369 e. The normalized spacial score (nSPS) is 12.7. The molecule has 0 aliphatic carbocycles. The lowest BCUT2D eigenvalue weighted by atomic mass is 10.6. The summed E-state index contributed by atoms with van der Waals surface area (Å²) in [4.78, 5) is 53.6. The van der Waals surface area contributed by atoms with Crippen LogP contribution in [0.2, 0.25) is 0 Å². The number of hydrogen-bond acceptors (Lipinski definition) is 9. The largest absolute Gasteiger partial charge is 0.490 e. The van der Waals surface area contributed by atoms with Gasteiger partial charge in [0.05, 0.1) is 6.33 Å². The number of nitrogens with two attached hydrogens (primary N) is 1. The number of fused-ring (bicyclic) bond motifs is 1. The van der Waals surface area contributed by atoms with E-state index in [9.17, 15) is 13.7 Å². The van der Waals surface area contributed by atoms with Crippen LogP contribution in [0.3, 0.4) is 0 Å². The fourth-order valence-electron chi connectivity index (χ4n) is 1.15. The van der Waals surface area contributed by atoms with Crippen molar-refractivity contribution in [1.29, 1.82) is 0 Å². The maximum atomic E-state index is 10.4. The van der Waals surface area contributed by atoms with Crippen LogP contribution in [-0.2, 0) is 22.3 Å². The van der Waals surface area contributed by atoms with Crippen molar-refractivity contribution in [2.24, 2.45) is 0 Å². The summed E-state index contributed by atoms with van der Waals surface area (Å²) in [5, 5.41) is 0. The summed E-state index contributed by atoms with van der Waals surface area (Å²) in [5.74, 6) is 0.287. The van der Waals surface area contributed by atoms with Gasteiger partial charge in [-0.05, 0) is 0 Å². The first-order chi connectivity index (χ1) is 10.7. The van der Waals surface area contributed by atoms with E-state index in [-0.39, 0.29) is 5.95 Å². The van der Waals surface area contributed by atoms with Crippen LogP contribution in [0.4, 0.5) is 5.95 Å². The predicted octanol–water partition coefficient (Wildman–Crippen LogP) is -0.0969. The summed E-state index contributed by atoms with van der Waals surface area (Å²) in [6.45, 7) is 0. The zero-order chi connectivity index (χ0) is 18.8. The molecule has 0 fully saturated rings. The third kappa shape index (κ3) is 7.70. The summed E-state index contributed by atoms with van der Waals surface area (Å²) < 4.78 is 36.8. The molecule has 0 aliphatic rings. The van der Waals surface area contributed by atoms with Crippen molar-refractivity contribution in [1.82, 2.24) is 19.9 Å². The number of hydrogen-bond donors (Lipinski definition) is 8. The molecular formula is C5H10N5O10P3S. The molecular weight excluding hydrogens is 415 g/mol. The summed E-state index contributed by atoms with van der Waals surface area (Å²) in [5.41, 5.74) is 6.75. The van der Waals surface area contributed by atoms with Gasteiger partial charge in [-0.15, -0.1) is 0 Å². The number of imidazole rings is 1. The molecule has 0 aliphatic heterocycles. The van der Waals surface area contributed by atoms with Gasteiger partial charge in [0.25, 0.3) is 0 Å². The van der Waals surface area contributed by atoms with Crippen molar-refractivity contribution in [2.75, 3.05) is 5.73 Å². The number of nitrogens with one attached hydrogen (secondary N) is 2. The Kier molecular flexibility index (Phi) is 6.55. The highest BCUT2D eigenvalue weighted by Gasteiger charge is 2.38. The Hall–Kier alpha value is -1.02. The third-order valence-corrected chi connectivity index (χ3v) is 5.39. The highest BCUT2D eigenvalue weighted by atomic mass is 32.1. The highest BCUT2D eigenvalue weighted by Crippen LogP contribution is 2.64. The Balaban J connectivity index is 0.000000242. The first-order valence-electron chi connectivity index (χ1n) is 5.24. The van der Waals surface area contributed by atoms with Gasteiger partial charge in [-0.2, -0.15) is 8.62 Å². The van der Waals surface area contributed by atoms with Crippen molar-refractivity contribution in [2.45, 2.75) is 0 Å². The third-order valence-electron chi connectivity index (χ3n) is 1.74. The first-order valence-corrected chi connectivity index (χ1v) is 10.2. The maximum Gasteiger partial charge on any atom is 0.490 e. The van der Waals surface area contributed by atoms with E-state index in [1.54, 1.807) is 0 Å². The molecule has 2 aromatic heterocycles. The number of rotatable bonds is 4. The average Bonchev–Trinajstić information content (AvgIpc) is 2.70. The molecule has 0 bridgehead atoms. The van der Waals surface area contributed by atoms with Gasteiger partial charge in [-0.25, -0.2) is 23.7 Å². The van der Waals surface area contributed by atoms with E-state index in [2.05, 4.69) is 28.6 Å². The minimum absolute atomic E-state index is 0.287. The number of aromatic nitrogens is 4. The maximum absolute atomic E-state index is 10.4. The van der Waals surface area contributed by atoms with Gasteiger partial charge in [0.15, 0.2) is 10.3 Å². The lowest BCUT2D eigenvalue weighted by Crippen LogP contribution is -1.94. The van der Waals surface area contributed by atoms with Crippen molar-refractivity contribution in [3.8, 4) is 0 Å². The second-order valence-electron chi connectivity index (χ2n) is 3.67. The van der Waals surface area contributed by atoms with Crippen LogP contribution in [-0.4, -0.2) is 44.4 Å². The van der Waals surface area contributed by atoms with E-state index in [4.69, 9.17) is 42.4 Å². The molecule has 19 heteroatoms. The number of nitrogen functional groups attached to an aromatic ring is 1. The van der Waals surface area contributed by atoms with Gasteiger partial charge in [0.1, 0.15) is 5.52 Å². The Morgan fingerprint density at radius 2 is 1.58 bits per heavy atom. The Labute approximate surface area is 137 Å². The summed E-state index contributed by atoms with van der Waals surface area (Å²) in [6.07, 6.45) is 1.54. The van der Waals surface area contributed by atoms with Gasteiger partial charge < -0.3 is 40.2 Å². The number of nitrogens with zero attached hydrogens (tertiary/aromatic N) is 2. The molecule has 0 saturated carbocycles. The number of H-pyrrole nitrogens is 2. The first kappa shape index (κ1) is 21.0. The molecule has 2 rings (SSSR count). The molecule has 0 aromatic carbocycles. The van der Waals surface area contributed by atoms with Crippen LogP contribution >= 0.6 is 35.7 Å². The number of anilines is 1. The van der Waals surface area contributed by atoms with E-state index >= 15 is 0 Å². The van der Waals surface area contributed by atoms with Crippen LogP contribution in [0.1, 0.15) is 0 Å². The SMILES string of the molecule is Nc1nc(=S)c2[nH]cnc2[nH]1.O=P(O)(O)OP(=O)(O)OP(=O)(O)O. The molecule has 15 nitrogen and oxygen atoms in total. The van der Waals surface area contributed by atoms with Gasteiger partial charge >= 0.3 is 23.5 Å². The summed E-state index contributed by atoms with van der Waals surface area (Å²) in [7, 11) is -16.2. The molecule has 0 radical (unpaired) electrons. The van der Waals surface area contributed by atoms with E-state index in [1.165, 1.54) is 6.33 Å². The highest BCUT2D eigenvalue weighted by molar-refractivity contribution is 7.71. The zero-order valence-corrected chi connectivity index (χ0v) is 14.6. The monoisotopic (exact) mass is 425 g/mol. The van der Waals surface area contributed by atoms with Crippen molar-refractivity contribution >= 4 is 52.8 Å². The lowest BCUT2D eigenvalue weighted by Gasteiger charge is -2.11. The van der Waals surface area contributed by atoms with Crippen LogP contribution in [0.5, 0.6) is 0 Å². The molecule has 24 heavy (non-hydrogen) atoms. The number of phosphoric acid groups is 3. The Bertz CT molecular complexity index is 885. The van der Waals surface area contributed by atoms with Crippen LogP contribution in [0.15, 0.2) is 6.33 Å². The second kappa shape index (κ2) is 7.47. The minimum atomic E-state index is -5.46. The summed E-state index contributed by atoms with van der Waals surface area (Å²) >= 11 is 4.91. The van der Waals surface area contributed by atoms with Crippen LogP contribution in [0, 0.1) is 4.64 Å². The van der Waals surface area contributed by atoms with E-state index < -0.39 is 23.5 Å². The molecule has 2 aromatic rings. The topological polar surface area (TPSA) is 254 Å². The van der Waals surface area contributed by atoms with Crippen molar-refractivity contribution in [3.63, 3.8) is 0 Å². The Morgan fingerprint density at radius 3 is 2.04 bits per heavy atom. The number of aromatic amines is 2. The molecule has 2 heterocycles. The van der Waals surface area contributed by atoms with Crippen LogP contribution in [0.25, 0.3) is 11.2 Å². The fourth-order valence-corrected chi connectivity index (χ4v) is 3.94. The second-order valence-corrected chi connectivity index (χ2v) is 8.26. The van der Waals surface area contributed by atoms with Crippen LogP contribution < -0.4 is 5.73 Å². The predicted molar refractivity (Wildman–Crippen MR) is 79.6 cm³/mol. The molecule has 0 saturated heterocycles. The molecule has 9 N–H and O–H groups in total. The van der Waals surface area contributed by atoms with Gasteiger partial charge in [0, 0.05) is 0 Å². The van der Waals surface area contributed by atoms with E-state index in [0.717, 1.165) is 0 Å². The average molecular weight is 425 g/mol. The molecule has 136 valence electrons. The molecule has 0 unspecified atom stereocenters. The van der Waals surface area contributed by atoms with E-state index in [1.807, 2.05) is 0 Å². The zero-order valence-electron chi connectivity index (χ0n) is 11.1. The van der Waals surface area contributed by atoms with E-state index in [0.29, 0.717) is 15.8 Å². The fraction of sp³-hybridized carbons (Fsp3) is 0. The van der Waals surface area contributed by atoms with Gasteiger partial charge in [-0.3, -0.25) is 0 Å². The van der Waals surface area contributed by atoms with Crippen molar-refractivity contribution < 1.29 is 46.8 Å².